The van der Waals surface area contributed by atoms with Crippen molar-refractivity contribution in [3.8, 4) is 0 Å². The van der Waals surface area contributed by atoms with Gasteiger partial charge in [0.25, 0.3) is 0 Å². The van der Waals surface area contributed by atoms with Crippen LogP contribution in [0.3, 0.4) is 0 Å². The Morgan fingerprint density at radius 3 is 2.05 bits per heavy atom. The Kier molecular flexibility index (Phi) is 5.81. The summed E-state index contributed by atoms with van der Waals surface area (Å²) in [5.41, 5.74) is -0.554. The third-order valence-corrected chi connectivity index (χ3v) is 3.58. The number of β-amino-alcohol motifs (C(OH)–C–C–N with tert-alkyl or cyclic N) is 1. The number of hydrogen-bond acceptors (Lipinski definition) is 3. The van der Waals surface area contributed by atoms with Crippen molar-refractivity contribution in [1.82, 2.24) is 9.80 Å². The molecule has 0 unspecified atom stereocenters. The summed E-state index contributed by atoms with van der Waals surface area (Å²) in [4.78, 5) is 16.3. The minimum Gasteiger partial charge on any atom is -0.387 e. The standard InChI is InChI=1S/C15H30N2O2/c1-6-15(19)10-16(11-15)9-14(18)17(7-12(2)3)8-13(4)5/h12-13,19H,6-11H2,1-5H3. The Labute approximate surface area is 117 Å². The highest BCUT2D eigenvalue weighted by atomic mass is 16.3. The smallest absolute Gasteiger partial charge is 0.236 e. The number of hydrogen-bond donors (Lipinski definition) is 1. The lowest BCUT2D eigenvalue weighted by molar-refractivity contribution is -0.143. The number of amides is 1. The van der Waals surface area contributed by atoms with Crippen LogP contribution in [0, 0.1) is 11.8 Å². The summed E-state index contributed by atoms with van der Waals surface area (Å²) >= 11 is 0. The van der Waals surface area contributed by atoms with Crippen molar-refractivity contribution in [2.45, 2.75) is 46.6 Å². The maximum Gasteiger partial charge on any atom is 0.236 e. The van der Waals surface area contributed by atoms with E-state index in [0.717, 1.165) is 19.5 Å². The van der Waals surface area contributed by atoms with Crippen LogP contribution >= 0.6 is 0 Å². The van der Waals surface area contributed by atoms with Crippen LogP contribution in [0.4, 0.5) is 0 Å². The van der Waals surface area contributed by atoms with E-state index >= 15 is 0 Å². The van der Waals surface area contributed by atoms with Gasteiger partial charge in [0.2, 0.25) is 5.91 Å². The van der Waals surface area contributed by atoms with Crippen LogP contribution in [0.5, 0.6) is 0 Å². The first-order valence-corrected chi connectivity index (χ1v) is 7.48. The van der Waals surface area contributed by atoms with Gasteiger partial charge in [-0.3, -0.25) is 9.69 Å². The van der Waals surface area contributed by atoms with Gasteiger partial charge >= 0.3 is 0 Å². The van der Waals surface area contributed by atoms with Gasteiger partial charge in [0.05, 0.1) is 12.1 Å². The molecule has 1 rings (SSSR count). The Morgan fingerprint density at radius 2 is 1.68 bits per heavy atom. The zero-order chi connectivity index (χ0) is 14.6. The van der Waals surface area contributed by atoms with Gasteiger partial charge in [-0.1, -0.05) is 34.6 Å². The Bertz CT molecular complexity index is 287. The molecule has 1 saturated heterocycles. The predicted molar refractivity (Wildman–Crippen MR) is 77.9 cm³/mol. The number of nitrogens with zero attached hydrogens (tertiary/aromatic N) is 2. The monoisotopic (exact) mass is 270 g/mol. The molecular weight excluding hydrogens is 240 g/mol. The van der Waals surface area contributed by atoms with Crippen molar-refractivity contribution in [2.24, 2.45) is 11.8 Å². The average molecular weight is 270 g/mol. The molecular formula is C15H30N2O2. The van der Waals surface area contributed by atoms with Gasteiger partial charge in [0.1, 0.15) is 0 Å². The van der Waals surface area contributed by atoms with E-state index < -0.39 is 5.60 Å². The van der Waals surface area contributed by atoms with Crippen molar-refractivity contribution < 1.29 is 9.90 Å². The predicted octanol–water partition coefficient (Wildman–Crippen LogP) is 1.58. The molecule has 1 N–H and O–H groups in total. The zero-order valence-corrected chi connectivity index (χ0v) is 13.1. The second kappa shape index (κ2) is 6.71. The molecule has 0 bridgehead atoms. The molecule has 1 amide bonds. The number of rotatable bonds is 7. The molecule has 0 aromatic heterocycles. The van der Waals surface area contributed by atoms with Crippen molar-refractivity contribution >= 4 is 5.91 Å². The normalized spacial score (nSPS) is 18.7. The zero-order valence-electron chi connectivity index (χ0n) is 13.1. The van der Waals surface area contributed by atoms with E-state index in [9.17, 15) is 9.90 Å². The van der Waals surface area contributed by atoms with E-state index in [4.69, 9.17) is 0 Å². The van der Waals surface area contributed by atoms with Crippen LogP contribution in [0.2, 0.25) is 0 Å². The van der Waals surface area contributed by atoms with Crippen LogP contribution in [-0.2, 0) is 4.79 Å². The number of carbonyl (C=O) groups excluding carboxylic acids is 1. The minimum atomic E-state index is -0.554. The van der Waals surface area contributed by atoms with Crippen LogP contribution in [0.25, 0.3) is 0 Å². The highest BCUT2D eigenvalue weighted by Crippen LogP contribution is 2.23. The van der Waals surface area contributed by atoms with E-state index in [1.54, 1.807) is 0 Å². The summed E-state index contributed by atoms with van der Waals surface area (Å²) < 4.78 is 0. The molecule has 4 heteroatoms. The summed E-state index contributed by atoms with van der Waals surface area (Å²) in [5.74, 6) is 1.18. The fourth-order valence-electron chi connectivity index (χ4n) is 2.57. The van der Waals surface area contributed by atoms with Crippen molar-refractivity contribution in [3.63, 3.8) is 0 Å². The van der Waals surface area contributed by atoms with Crippen molar-refractivity contribution in [1.29, 1.82) is 0 Å². The molecule has 0 radical (unpaired) electrons. The van der Waals surface area contributed by atoms with Gasteiger partial charge in [0, 0.05) is 26.2 Å². The maximum absolute atomic E-state index is 12.3. The summed E-state index contributed by atoms with van der Waals surface area (Å²) in [6, 6.07) is 0. The Hall–Kier alpha value is -0.610. The van der Waals surface area contributed by atoms with Gasteiger partial charge in [0.15, 0.2) is 0 Å². The van der Waals surface area contributed by atoms with Crippen LogP contribution in [0.1, 0.15) is 41.0 Å². The highest BCUT2D eigenvalue weighted by Gasteiger charge is 2.40. The SMILES string of the molecule is CCC1(O)CN(CC(=O)N(CC(C)C)CC(C)C)C1. The lowest BCUT2D eigenvalue weighted by atomic mass is 9.91. The van der Waals surface area contributed by atoms with Crippen LogP contribution in [-0.4, -0.2) is 59.1 Å². The second-order valence-corrected chi connectivity index (χ2v) is 6.81. The number of carbonyl (C=O) groups is 1. The van der Waals surface area contributed by atoms with Crippen molar-refractivity contribution in [3.05, 3.63) is 0 Å². The number of likely N-dealkylation sites (tertiary alicyclic amines) is 1. The molecule has 0 atom stereocenters. The van der Waals surface area contributed by atoms with Gasteiger partial charge < -0.3 is 10.0 Å². The topological polar surface area (TPSA) is 43.8 Å². The molecule has 19 heavy (non-hydrogen) atoms. The molecule has 0 saturated carbocycles. The first kappa shape index (κ1) is 16.4. The van der Waals surface area contributed by atoms with Gasteiger partial charge in [-0.05, 0) is 18.3 Å². The summed E-state index contributed by atoms with van der Waals surface area (Å²) in [6.45, 7) is 13.9. The molecule has 0 aliphatic carbocycles. The maximum atomic E-state index is 12.3. The van der Waals surface area contributed by atoms with E-state index in [2.05, 4.69) is 27.7 Å². The molecule has 1 fully saturated rings. The van der Waals surface area contributed by atoms with E-state index in [1.807, 2.05) is 16.7 Å². The summed E-state index contributed by atoms with van der Waals surface area (Å²) in [7, 11) is 0. The van der Waals surface area contributed by atoms with E-state index in [0.29, 0.717) is 31.5 Å². The summed E-state index contributed by atoms with van der Waals surface area (Å²) in [6.07, 6.45) is 0.763. The molecule has 1 aliphatic heterocycles. The van der Waals surface area contributed by atoms with Crippen LogP contribution < -0.4 is 0 Å². The Balaban J connectivity index is 2.44. The quantitative estimate of drug-likeness (QED) is 0.764. The fraction of sp³-hybridized carbons (Fsp3) is 0.933. The molecule has 1 aliphatic rings. The molecule has 112 valence electrons. The minimum absolute atomic E-state index is 0.195. The number of aliphatic hydroxyl groups is 1. The first-order valence-electron chi connectivity index (χ1n) is 7.48. The van der Waals surface area contributed by atoms with E-state index in [-0.39, 0.29) is 5.91 Å². The van der Waals surface area contributed by atoms with Gasteiger partial charge in [-0.25, -0.2) is 0 Å². The van der Waals surface area contributed by atoms with E-state index in [1.165, 1.54) is 0 Å². The lowest BCUT2D eigenvalue weighted by Gasteiger charge is -2.46. The third kappa shape index (κ3) is 5.11. The first-order chi connectivity index (χ1) is 8.75. The third-order valence-electron chi connectivity index (χ3n) is 3.58. The molecule has 1 heterocycles. The van der Waals surface area contributed by atoms with Gasteiger partial charge in [-0.15, -0.1) is 0 Å². The van der Waals surface area contributed by atoms with Crippen LogP contribution in [0.15, 0.2) is 0 Å². The molecule has 4 nitrogen and oxygen atoms in total. The highest BCUT2D eigenvalue weighted by molar-refractivity contribution is 5.78. The summed E-state index contributed by atoms with van der Waals surface area (Å²) in [5, 5.41) is 9.96. The van der Waals surface area contributed by atoms with Gasteiger partial charge in [-0.2, -0.15) is 0 Å². The average Bonchev–Trinajstić information content (AvgIpc) is 2.24. The molecule has 0 aromatic carbocycles. The fourth-order valence-corrected chi connectivity index (χ4v) is 2.57. The van der Waals surface area contributed by atoms with Crippen molar-refractivity contribution in [2.75, 3.05) is 32.7 Å². The lowest BCUT2D eigenvalue weighted by Crippen LogP contribution is -2.63. The molecule has 0 aromatic rings. The second-order valence-electron chi connectivity index (χ2n) is 6.81. The Morgan fingerprint density at radius 1 is 1.21 bits per heavy atom. The largest absolute Gasteiger partial charge is 0.387 e. The molecule has 0 spiro atoms.